The predicted molar refractivity (Wildman–Crippen MR) is 67.3 cm³/mol. The van der Waals surface area contributed by atoms with Gasteiger partial charge in [-0.1, -0.05) is 0 Å². The molecule has 0 spiro atoms. The summed E-state index contributed by atoms with van der Waals surface area (Å²) in [7, 11) is -3.38. The predicted octanol–water partition coefficient (Wildman–Crippen LogP) is 1.15. The van der Waals surface area contributed by atoms with Crippen molar-refractivity contribution in [2.24, 2.45) is 0 Å². The first-order chi connectivity index (χ1) is 8.45. The molecule has 98 valence electrons. The number of aromatic nitrogens is 3. The van der Waals surface area contributed by atoms with Gasteiger partial charge in [-0.05, 0) is 24.8 Å². The van der Waals surface area contributed by atoms with Crippen molar-refractivity contribution in [1.82, 2.24) is 14.8 Å². The van der Waals surface area contributed by atoms with Crippen LogP contribution in [0, 0.1) is 0 Å². The van der Waals surface area contributed by atoms with Gasteiger partial charge in [-0.2, -0.15) is 4.98 Å². The molecule has 1 unspecified atom stereocenters. The molecule has 1 aromatic heterocycles. The molecule has 0 saturated carbocycles. The van der Waals surface area contributed by atoms with E-state index in [0.717, 1.165) is 31.2 Å². The highest BCUT2D eigenvalue weighted by Gasteiger charge is 2.29. The van der Waals surface area contributed by atoms with Crippen molar-refractivity contribution >= 4 is 27.4 Å². The second-order valence-electron chi connectivity index (χ2n) is 4.65. The third-order valence-electron chi connectivity index (χ3n) is 3.20. The second kappa shape index (κ2) is 3.96. The number of sulfone groups is 1. The summed E-state index contributed by atoms with van der Waals surface area (Å²) >= 11 is 6.26. The van der Waals surface area contributed by atoms with Gasteiger partial charge in [-0.15, -0.1) is 16.7 Å². The molecular formula is C10H13ClN4O2S. The second-order valence-corrected chi connectivity index (χ2v) is 7.09. The van der Waals surface area contributed by atoms with E-state index in [0.29, 0.717) is 12.5 Å². The van der Waals surface area contributed by atoms with Crippen molar-refractivity contribution in [3.05, 3.63) is 11.3 Å². The van der Waals surface area contributed by atoms with Gasteiger partial charge in [0.05, 0.1) is 11.9 Å². The minimum absolute atomic E-state index is 0.0408. The van der Waals surface area contributed by atoms with Crippen molar-refractivity contribution in [3.8, 4) is 0 Å². The van der Waals surface area contributed by atoms with E-state index < -0.39 is 9.84 Å². The molecule has 1 aliphatic carbocycles. The molecule has 2 heterocycles. The number of anilines is 1. The number of rotatable bonds is 1. The highest BCUT2D eigenvalue weighted by Crippen LogP contribution is 2.33. The molecular weight excluding hydrogens is 276 g/mol. The smallest absolute Gasteiger partial charge is 0.268 e. The van der Waals surface area contributed by atoms with Crippen LogP contribution >= 0.6 is 11.6 Å². The summed E-state index contributed by atoms with van der Waals surface area (Å²) in [5.41, 5.74) is 2.17. The van der Waals surface area contributed by atoms with E-state index in [1.165, 1.54) is 5.57 Å². The number of halogens is 1. The van der Waals surface area contributed by atoms with Crippen LogP contribution in [-0.2, 0) is 16.4 Å². The zero-order valence-corrected chi connectivity index (χ0v) is 11.4. The molecule has 3 rings (SSSR count). The van der Waals surface area contributed by atoms with E-state index in [1.807, 2.05) is 0 Å². The zero-order chi connectivity index (χ0) is 12.9. The topological polar surface area (TPSA) is 76.9 Å². The Bertz CT molecular complexity index is 634. The maximum absolute atomic E-state index is 11.4. The fourth-order valence-electron chi connectivity index (χ4n) is 2.31. The summed E-state index contributed by atoms with van der Waals surface area (Å²) in [5, 5.41) is 6.95. The lowest BCUT2D eigenvalue weighted by Gasteiger charge is -2.29. The zero-order valence-electron chi connectivity index (χ0n) is 9.85. The Labute approximate surface area is 110 Å². The van der Waals surface area contributed by atoms with E-state index in [9.17, 15) is 8.42 Å². The monoisotopic (exact) mass is 288 g/mol. The number of allylic oxidation sites excluding steroid dienone is 2. The maximum atomic E-state index is 11.4. The van der Waals surface area contributed by atoms with Crippen molar-refractivity contribution in [3.63, 3.8) is 0 Å². The van der Waals surface area contributed by atoms with Crippen molar-refractivity contribution < 1.29 is 8.42 Å². The molecule has 0 aromatic carbocycles. The fourth-order valence-corrected chi connectivity index (χ4v) is 3.17. The number of hydrogen-bond acceptors (Lipinski definition) is 5. The number of nitrogens with one attached hydrogen (secondary N) is 1. The molecule has 1 atom stereocenters. The lowest BCUT2D eigenvalue weighted by Crippen LogP contribution is -2.27. The molecule has 0 saturated heterocycles. The quantitative estimate of drug-likeness (QED) is 0.785. The molecule has 6 nitrogen and oxygen atoms in total. The first-order valence-corrected chi connectivity index (χ1v) is 8.06. The molecule has 1 aromatic rings. The van der Waals surface area contributed by atoms with Gasteiger partial charge in [0, 0.05) is 12.0 Å². The van der Waals surface area contributed by atoms with Crippen molar-refractivity contribution in [2.75, 3.05) is 11.6 Å². The number of nitrogens with zero attached hydrogens (tertiary/aromatic N) is 3. The van der Waals surface area contributed by atoms with Crippen LogP contribution in [0.4, 0.5) is 5.95 Å². The van der Waals surface area contributed by atoms with Gasteiger partial charge >= 0.3 is 0 Å². The van der Waals surface area contributed by atoms with Gasteiger partial charge < -0.3 is 5.32 Å². The molecule has 1 aliphatic heterocycles. The third-order valence-corrected chi connectivity index (χ3v) is 4.47. The summed E-state index contributed by atoms with van der Waals surface area (Å²) < 4.78 is 24.4. The molecule has 18 heavy (non-hydrogen) atoms. The lowest BCUT2D eigenvalue weighted by molar-refractivity contribution is 0.563. The normalized spacial score (nSPS) is 23.3. The van der Waals surface area contributed by atoms with E-state index in [1.54, 1.807) is 4.68 Å². The van der Waals surface area contributed by atoms with Gasteiger partial charge in [0.2, 0.25) is 15.8 Å². The Morgan fingerprint density at radius 2 is 2.28 bits per heavy atom. The van der Waals surface area contributed by atoms with E-state index in [-0.39, 0.29) is 10.5 Å². The molecule has 0 radical (unpaired) electrons. The standard InChI is InChI=1S/C10H13ClN4O2S/c1-18(16,17)10-13-9-12-8-6(5-15(9)14-10)3-2-4-7(8)11/h7H,2-5H2,1H3,(H,12,13,14). The third kappa shape index (κ3) is 1.91. The van der Waals surface area contributed by atoms with E-state index >= 15 is 0 Å². The summed E-state index contributed by atoms with van der Waals surface area (Å²) in [6.45, 7) is 0.573. The van der Waals surface area contributed by atoms with E-state index in [2.05, 4.69) is 15.4 Å². The van der Waals surface area contributed by atoms with Crippen molar-refractivity contribution in [1.29, 1.82) is 0 Å². The summed E-state index contributed by atoms with van der Waals surface area (Å²) in [4.78, 5) is 4.01. The van der Waals surface area contributed by atoms with Gasteiger partial charge in [-0.3, -0.25) is 0 Å². The van der Waals surface area contributed by atoms with Crippen LogP contribution in [0.15, 0.2) is 16.4 Å². The Morgan fingerprint density at radius 1 is 1.50 bits per heavy atom. The highest BCUT2D eigenvalue weighted by atomic mass is 35.5. The average Bonchev–Trinajstić information content (AvgIpc) is 2.69. The molecule has 8 heteroatoms. The lowest BCUT2D eigenvalue weighted by atomic mass is 9.95. The molecule has 2 aliphatic rings. The minimum Gasteiger partial charge on any atom is -0.327 e. The SMILES string of the molecule is CS(=O)(=O)c1nc2n(n1)CC1=C(N2)C(Cl)CCC1. The number of alkyl halides is 1. The fraction of sp³-hybridized carbons (Fsp3) is 0.600. The van der Waals surface area contributed by atoms with Crippen LogP contribution in [0.2, 0.25) is 0 Å². The largest absolute Gasteiger partial charge is 0.327 e. The maximum Gasteiger partial charge on any atom is 0.268 e. The molecule has 1 N–H and O–H groups in total. The van der Waals surface area contributed by atoms with E-state index in [4.69, 9.17) is 11.6 Å². The highest BCUT2D eigenvalue weighted by molar-refractivity contribution is 7.90. The van der Waals surface area contributed by atoms with Gasteiger partial charge in [0.15, 0.2) is 0 Å². The summed E-state index contributed by atoms with van der Waals surface area (Å²) in [6.07, 6.45) is 4.06. The van der Waals surface area contributed by atoms with Crippen LogP contribution in [0.25, 0.3) is 0 Å². The van der Waals surface area contributed by atoms with Crippen LogP contribution < -0.4 is 5.32 Å². The van der Waals surface area contributed by atoms with Crippen LogP contribution in [0.5, 0.6) is 0 Å². The summed E-state index contributed by atoms with van der Waals surface area (Å²) in [5.74, 6) is 0.460. The number of hydrogen-bond donors (Lipinski definition) is 1. The summed E-state index contributed by atoms with van der Waals surface area (Å²) in [6, 6.07) is 0. The Morgan fingerprint density at radius 3 is 3.00 bits per heavy atom. The Kier molecular flexibility index (Phi) is 2.63. The van der Waals surface area contributed by atoms with Gasteiger partial charge in [0.1, 0.15) is 0 Å². The Hall–Kier alpha value is -1.08. The van der Waals surface area contributed by atoms with Crippen LogP contribution in [0.1, 0.15) is 19.3 Å². The van der Waals surface area contributed by atoms with Crippen LogP contribution in [-0.4, -0.2) is 34.8 Å². The van der Waals surface area contributed by atoms with Crippen molar-refractivity contribution in [2.45, 2.75) is 36.3 Å². The minimum atomic E-state index is -3.38. The molecule has 0 amide bonds. The first kappa shape index (κ1) is 12.0. The molecule has 0 bridgehead atoms. The number of fused-ring (bicyclic) bond motifs is 1. The first-order valence-electron chi connectivity index (χ1n) is 5.73. The van der Waals surface area contributed by atoms with Gasteiger partial charge in [0.25, 0.3) is 5.16 Å². The Balaban J connectivity index is 1.99. The molecule has 0 fully saturated rings. The van der Waals surface area contributed by atoms with Gasteiger partial charge in [-0.25, -0.2) is 13.1 Å². The average molecular weight is 289 g/mol. The van der Waals surface area contributed by atoms with Crippen LogP contribution in [0.3, 0.4) is 0 Å².